The number of rotatable bonds is 3. The average molecular weight is 207 g/mol. The van der Waals surface area contributed by atoms with Crippen LogP contribution in [0.1, 0.15) is 11.5 Å². The van der Waals surface area contributed by atoms with Crippen LogP contribution in [-0.4, -0.2) is 15.2 Å². The lowest BCUT2D eigenvalue weighted by molar-refractivity contribution is 0.517. The number of hydrogen-bond acceptors (Lipinski definition) is 6. The molecule has 0 amide bonds. The van der Waals surface area contributed by atoms with Crippen LogP contribution in [0, 0.1) is 0 Å². The van der Waals surface area contributed by atoms with Crippen molar-refractivity contribution in [3.05, 3.63) is 40.2 Å². The molecule has 0 radical (unpaired) electrons. The molecular weight excluding hydrogens is 198 g/mol. The highest BCUT2D eigenvalue weighted by Gasteiger charge is 2.06. The average Bonchev–Trinajstić information content (AvgIpc) is 2.74. The Balaban J connectivity index is 2.26. The fraction of sp³-hybridized carbons (Fsp3) is 0.125. The minimum absolute atomic E-state index is 0.128. The summed E-state index contributed by atoms with van der Waals surface area (Å²) in [4.78, 5) is 13.9. The van der Waals surface area contributed by atoms with Gasteiger partial charge in [0.1, 0.15) is 11.5 Å². The van der Waals surface area contributed by atoms with Gasteiger partial charge in [-0.2, -0.15) is 0 Å². The van der Waals surface area contributed by atoms with Crippen molar-refractivity contribution in [1.29, 1.82) is 0 Å². The molecule has 0 spiro atoms. The molecule has 0 bridgehead atoms. The van der Waals surface area contributed by atoms with Crippen LogP contribution in [0.2, 0.25) is 0 Å². The Morgan fingerprint density at radius 3 is 3.00 bits per heavy atom. The van der Waals surface area contributed by atoms with Crippen LogP contribution in [0.25, 0.3) is 0 Å². The molecule has 0 atom stereocenters. The summed E-state index contributed by atoms with van der Waals surface area (Å²) in [6.07, 6.45) is 1.84. The number of H-pyrrole nitrogens is 1. The van der Waals surface area contributed by atoms with Gasteiger partial charge in [-0.05, 0) is 12.1 Å². The largest absolute Gasteiger partial charge is 0.469 e. The summed E-state index contributed by atoms with van der Waals surface area (Å²) in [5.41, 5.74) is 2.14. The van der Waals surface area contributed by atoms with Crippen LogP contribution in [0.5, 0.6) is 0 Å². The number of nitrogens with zero attached hydrogens (tertiary/aromatic N) is 2. The van der Waals surface area contributed by atoms with E-state index in [4.69, 9.17) is 10.3 Å². The molecule has 0 fully saturated rings. The summed E-state index contributed by atoms with van der Waals surface area (Å²) in [6, 6.07) is 3.50. The van der Waals surface area contributed by atoms with Gasteiger partial charge in [-0.3, -0.25) is 15.2 Å². The number of nitrogen functional groups attached to an aromatic ring is 1. The van der Waals surface area contributed by atoms with Crippen molar-refractivity contribution in [1.82, 2.24) is 15.2 Å². The van der Waals surface area contributed by atoms with E-state index in [1.807, 2.05) is 0 Å². The molecule has 15 heavy (non-hydrogen) atoms. The summed E-state index contributed by atoms with van der Waals surface area (Å²) in [5.74, 6) is 5.85. The van der Waals surface area contributed by atoms with Crippen LogP contribution in [-0.2, 0) is 6.42 Å². The summed E-state index contributed by atoms with van der Waals surface area (Å²) in [5, 5.41) is 7.38. The van der Waals surface area contributed by atoms with Gasteiger partial charge in [-0.25, -0.2) is 5.84 Å². The molecule has 0 saturated carbocycles. The summed E-state index contributed by atoms with van der Waals surface area (Å²) < 4.78 is 5.09. The molecule has 2 rings (SSSR count). The van der Waals surface area contributed by atoms with E-state index in [1.165, 1.54) is 6.26 Å². The standard InChI is InChI=1S/C8H9N5O2/c9-11-8-10-7(14)6(12-13-8)4-5-2-1-3-15-5/h1-3H,4,9H2,(H2,10,11,13,14). The third-order valence-corrected chi connectivity index (χ3v) is 1.82. The molecule has 78 valence electrons. The second-order valence-electron chi connectivity index (χ2n) is 2.85. The Hall–Kier alpha value is -2.15. The Kier molecular flexibility index (Phi) is 2.46. The molecule has 0 saturated heterocycles. The molecule has 0 aromatic carbocycles. The zero-order chi connectivity index (χ0) is 10.7. The maximum Gasteiger partial charge on any atom is 0.274 e. The maximum absolute atomic E-state index is 11.4. The van der Waals surface area contributed by atoms with E-state index in [9.17, 15) is 4.79 Å². The predicted molar refractivity (Wildman–Crippen MR) is 52.0 cm³/mol. The molecular formula is C8H9N5O2. The van der Waals surface area contributed by atoms with Crippen molar-refractivity contribution in [3.8, 4) is 0 Å². The molecule has 4 N–H and O–H groups in total. The summed E-state index contributed by atoms with van der Waals surface area (Å²) >= 11 is 0. The third-order valence-electron chi connectivity index (χ3n) is 1.82. The monoisotopic (exact) mass is 207 g/mol. The highest BCUT2D eigenvalue weighted by Crippen LogP contribution is 2.03. The van der Waals surface area contributed by atoms with Gasteiger partial charge in [-0.15, -0.1) is 10.2 Å². The van der Waals surface area contributed by atoms with E-state index in [0.29, 0.717) is 12.2 Å². The number of aromatic nitrogens is 3. The number of furan rings is 1. The highest BCUT2D eigenvalue weighted by atomic mass is 16.3. The molecule has 2 heterocycles. The van der Waals surface area contributed by atoms with Crippen molar-refractivity contribution in [2.75, 3.05) is 5.43 Å². The first-order valence-electron chi connectivity index (χ1n) is 4.24. The van der Waals surface area contributed by atoms with Gasteiger partial charge in [0.25, 0.3) is 5.56 Å². The second kappa shape index (κ2) is 3.93. The number of aromatic amines is 1. The molecule has 7 nitrogen and oxygen atoms in total. The van der Waals surface area contributed by atoms with E-state index in [-0.39, 0.29) is 17.2 Å². The van der Waals surface area contributed by atoms with Crippen molar-refractivity contribution >= 4 is 5.95 Å². The van der Waals surface area contributed by atoms with Crippen molar-refractivity contribution in [3.63, 3.8) is 0 Å². The van der Waals surface area contributed by atoms with Crippen molar-refractivity contribution in [2.24, 2.45) is 5.84 Å². The molecule has 2 aromatic heterocycles. The minimum atomic E-state index is -0.339. The molecule has 0 aliphatic carbocycles. The number of nitrogens with one attached hydrogen (secondary N) is 2. The number of nitrogens with two attached hydrogens (primary N) is 1. The molecule has 7 heteroatoms. The maximum atomic E-state index is 11.4. The smallest absolute Gasteiger partial charge is 0.274 e. The lowest BCUT2D eigenvalue weighted by Crippen LogP contribution is -2.21. The van der Waals surface area contributed by atoms with E-state index in [1.54, 1.807) is 12.1 Å². The molecule has 2 aromatic rings. The van der Waals surface area contributed by atoms with E-state index < -0.39 is 0 Å². The van der Waals surface area contributed by atoms with Crippen molar-refractivity contribution in [2.45, 2.75) is 6.42 Å². The lowest BCUT2D eigenvalue weighted by Gasteiger charge is -1.98. The number of hydrazine groups is 1. The van der Waals surface area contributed by atoms with Gasteiger partial charge in [-0.1, -0.05) is 0 Å². The Labute approximate surface area is 84.3 Å². The minimum Gasteiger partial charge on any atom is -0.469 e. The first kappa shape index (κ1) is 9.41. The Morgan fingerprint density at radius 1 is 1.53 bits per heavy atom. The Morgan fingerprint density at radius 2 is 2.40 bits per heavy atom. The summed E-state index contributed by atoms with van der Waals surface area (Å²) in [7, 11) is 0. The highest BCUT2D eigenvalue weighted by molar-refractivity contribution is 5.19. The Bertz CT molecular complexity index is 490. The molecule has 0 aliphatic heterocycles. The normalized spacial score (nSPS) is 10.2. The van der Waals surface area contributed by atoms with Gasteiger partial charge in [0.15, 0.2) is 0 Å². The van der Waals surface area contributed by atoms with Gasteiger partial charge in [0.2, 0.25) is 5.95 Å². The van der Waals surface area contributed by atoms with Crippen molar-refractivity contribution < 1.29 is 4.42 Å². The topological polar surface area (TPSA) is 110 Å². The van der Waals surface area contributed by atoms with E-state index >= 15 is 0 Å². The van der Waals surface area contributed by atoms with Crippen LogP contribution in [0.3, 0.4) is 0 Å². The van der Waals surface area contributed by atoms with Crippen LogP contribution >= 0.6 is 0 Å². The van der Waals surface area contributed by atoms with Gasteiger partial charge in [0, 0.05) is 0 Å². The zero-order valence-corrected chi connectivity index (χ0v) is 7.73. The van der Waals surface area contributed by atoms with Gasteiger partial charge in [0.05, 0.1) is 12.7 Å². The fourth-order valence-electron chi connectivity index (χ4n) is 1.12. The zero-order valence-electron chi connectivity index (χ0n) is 7.73. The first-order valence-corrected chi connectivity index (χ1v) is 4.24. The van der Waals surface area contributed by atoms with Gasteiger partial charge >= 0.3 is 0 Å². The van der Waals surface area contributed by atoms with E-state index in [2.05, 4.69) is 20.6 Å². The summed E-state index contributed by atoms with van der Waals surface area (Å²) in [6.45, 7) is 0. The lowest BCUT2D eigenvalue weighted by atomic mass is 10.2. The first-order chi connectivity index (χ1) is 7.29. The number of anilines is 1. The second-order valence-corrected chi connectivity index (χ2v) is 2.85. The van der Waals surface area contributed by atoms with Crippen LogP contribution in [0.4, 0.5) is 5.95 Å². The quantitative estimate of drug-likeness (QED) is 0.468. The number of hydrogen-bond donors (Lipinski definition) is 3. The van der Waals surface area contributed by atoms with Crippen LogP contribution in [0.15, 0.2) is 27.6 Å². The SMILES string of the molecule is NNc1nnc(Cc2ccco2)c(=O)[nH]1. The third kappa shape index (κ3) is 2.02. The predicted octanol–water partition coefficient (Wildman–Crippen LogP) is -0.366. The molecule has 0 unspecified atom stereocenters. The molecule has 0 aliphatic rings. The van der Waals surface area contributed by atoms with Gasteiger partial charge < -0.3 is 4.42 Å². The fourth-order valence-corrected chi connectivity index (χ4v) is 1.12. The van der Waals surface area contributed by atoms with E-state index in [0.717, 1.165) is 0 Å². The van der Waals surface area contributed by atoms with Crippen LogP contribution < -0.4 is 16.8 Å².